The van der Waals surface area contributed by atoms with Crippen molar-refractivity contribution < 1.29 is 35.9 Å². The molecule has 0 atom stereocenters. The topological polar surface area (TPSA) is 226 Å². The fraction of sp³-hybridized carbons (Fsp3) is 1.00. The van der Waals surface area contributed by atoms with Gasteiger partial charge in [-0.3, -0.25) is 4.90 Å². The van der Waals surface area contributed by atoms with E-state index < -0.39 is 10.2 Å². The molecule has 0 spiro atoms. The van der Waals surface area contributed by atoms with E-state index >= 15 is 0 Å². The van der Waals surface area contributed by atoms with Gasteiger partial charge >= 0.3 is 0 Å². The molecule has 0 saturated carbocycles. The number of rotatable bonds is 6. The molecule has 0 radical (unpaired) electrons. The van der Waals surface area contributed by atoms with Crippen LogP contribution in [0, 0.1) is 20.2 Å². The zero-order chi connectivity index (χ0) is 15.0. The molecule has 0 saturated heterocycles. The molecule has 0 aromatic rings. The van der Waals surface area contributed by atoms with E-state index in [1.54, 1.807) is 4.90 Å². The highest BCUT2D eigenvalue weighted by Gasteiger charge is 2.00. The first-order chi connectivity index (χ1) is 8.31. The Hall–Kier alpha value is -1.80. The van der Waals surface area contributed by atoms with Gasteiger partial charge in [0.1, 0.15) is 0 Å². The van der Waals surface area contributed by atoms with Crippen LogP contribution < -0.4 is 6.15 Å². The maximum Gasteiger partial charge on any atom is 0.291 e. The molecule has 8 N–H and O–H groups in total. The van der Waals surface area contributed by atoms with Gasteiger partial charge in [0.25, 0.3) is 10.2 Å². The second-order valence-corrected chi connectivity index (χ2v) is 2.49. The first-order valence-electron chi connectivity index (χ1n) is 4.53. The van der Waals surface area contributed by atoms with Crippen molar-refractivity contribution in [3.05, 3.63) is 20.2 Å². The van der Waals surface area contributed by atoms with Crippen LogP contribution >= 0.6 is 0 Å². The predicted octanol–water partition coefficient (Wildman–Crippen LogP) is -2.27. The second-order valence-electron chi connectivity index (χ2n) is 2.49. The second kappa shape index (κ2) is 21.5. The molecule has 0 rings (SSSR count). The molecule has 0 aromatic heterocycles. The molecular weight excluding hydrogens is 272 g/mol. The summed E-state index contributed by atoms with van der Waals surface area (Å²) in [5.74, 6) is 0. The Morgan fingerprint density at radius 2 is 0.947 bits per heavy atom. The van der Waals surface area contributed by atoms with Gasteiger partial charge in [0.05, 0.1) is 19.8 Å². The van der Waals surface area contributed by atoms with Crippen molar-refractivity contribution >= 4 is 0 Å². The fourth-order valence-corrected chi connectivity index (χ4v) is 0.760. The normalized spacial score (nSPS) is 8.21. The summed E-state index contributed by atoms with van der Waals surface area (Å²) >= 11 is 0. The van der Waals surface area contributed by atoms with Crippen molar-refractivity contribution in [2.75, 3.05) is 39.5 Å². The molecule has 0 bridgehead atoms. The molecule has 19 heavy (non-hydrogen) atoms. The number of hydrogen-bond donors (Lipinski definition) is 6. The fourth-order valence-electron chi connectivity index (χ4n) is 0.760. The highest BCUT2D eigenvalue weighted by Crippen LogP contribution is 1.84. The summed E-state index contributed by atoms with van der Waals surface area (Å²) in [6.45, 7) is 1.75. The van der Waals surface area contributed by atoms with E-state index in [4.69, 9.17) is 46.0 Å². The van der Waals surface area contributed by atoms with Gasteiger partial charge in [-0.05, 0) is 0 Å². The Kier molecular flexibility index (Phi) is 29.3. The monoisotopic (exact) mass is 292 g/mol. The van der Waals surface area contributed by atoms with Gasteiger partial charge < -0.3 is 31.9 Å². The third-order valence-electron chi connectivity index (χ3n) is 1.25. The summed E-state index contributed by atoms with van der Waals surface area (Å²) < 4.78 is 0. The molecule has 0 aromatic carbocycles. The van der Waals surface area contributed by atoms with Crippen molar-refractivity contribution in [3.8, 4) is 0 Å². The van der Waals surface area contributed by atoms with Crippen LogP contribution in [0.2, 0.25) is 0 Å². The van der Waals surface area contributed by atoms with Gasteiger partial charge in [0, 0.05) is 19.6 Å². The Morgan fingerprint density at radius 3 is 1.05 bits per heavy atom. The molecule has 0 aliphatic rings. The minimum absolute atomic E-state index is 0. The summed E-state index contributed by atoms with van der Waals surface area (Å²) in [7, 11) is 0. The minimum atomic E-state index is -1.50. The van der Waals surface area contributed by atoms with Gasteiger partial charge in [-0.25, -0.2) is 0 Å². The first kappa shape index (κ1) is 25.9. The summed E-state index contributed by atoms with van der Waals surface area (Å²) in [6.07, 6.45) is 0. The molecule has 0 aliphatic heterocycles. The average molecular weight is 292 g/mol. The minimum Gasteiger partial charge on any atom is -0.395 e. The molecule has 0 unspecified atom stereocenters. The molecule has 0 fully saturated rings. The van der Waals surface area contributed by atoms with Crippen molar-refractivity contribution in [3.63, 3.8) is 0 Å². The van der Waals surface area contributed by atoms with E-state index in [1.807, 2.05) is 0 Å². The van der Waals surface area contributed by atoms with Crippen LogP contribution in [0.15, 0.2) is 0 Å². The average Bonchev–Trinajstić information content (AvgIpc) is 2.17. The van der Waals surface area contributed by atoms with E-state index in [0.717, 1.165) is 0 Å². The molecule has 13 heteroatoms. The smallest absolute Gasteiger partial charge is 0.291 e. The van der Waals surface area contributed by atoms with Crippen LogP contribution in [-0.4, -0.2) is 80.3 Å². The van der Waals surface area contributed by atoms with Gasteiger partial charge in [-0.2, -0.15) is 0 Å². The van der Waals surface area contributed by atoms with Gasteiger partial charge in [-0.1, -0.05) is 0 Å². The molecule has 0 aliphatic carbocycles. The SMILES string of the molecule is N.O=[N+]([O-])O.O=[N+]([O-])O.OCCN(CCO)CCO. The lowest BCUT2D eigenvalue weighted by molar-refractivity contribution is -0.742. The highest BCUT2D eigenvalue weighted by atomic mass is 16.9. The van der Waals surface area contributed by atoms with Crippen LogP contribution in [0.4, 0.5) is 0 Å². The molecule has 118 valence electrons. The van der Waals surface area contributed by atoms with E-state index in [1.165, 1.54) is 0 Å². The lowest BCUT2D eigenvalue weighted by atomic mass is 10.4. The third kappa shape index (κ3) is 63.0. The van der Waals surface area contributed by atoms with E-state index in [0.29, 0.717) is 19.6 Å². The molecular formula is C6H20N4O9. The predicted molar refractivity (Wildman–Crippen MR) is 60.3 cm³/mol. The molecule has 0 heterocycles. The summed E-state index contributed by atoms with van der Waals surface area (Å²) in [6, 6.07) is 0. The molecule has 0 amide bonds. The third-order valence-corrected chi connectivity index (χ3v) is 1.25. The maximum atomic E-state index is 8.48. The van der Waals surface area contributed by atoms with Crippen molar-refractivity contribution in [1.29, 1.82) is 0 Å². The lowest BCUT2D eigenvalue weighted by Gasteiger charge is -2.17. The Balaban J connectivity index is -0.000000105. The van der Waals surface area contributed by atoms with Crippen LogP contribution in [-0.2, 0) is 0 Å². The summed E-state index contributed by atoms with van der Waals surface area (Å²) in [5.41, 5.74) is 0. The highest BCUT2D eigenvalue weighted by molar-refractivity contribution is 4.54. The first-order valence-corrected chi connectivity index (χ1v) is 4.53. The Bertz CT molecular complexity index is 171. The van der Waals surface area contributed by atoms with Crippen LogP contribution in [0.1, 0.15) is 0 Å². The standard InChI is InChI=1S/C6H15NO3.2HNO3.H3N/c8-4-1-7(2-5-9)3-6-10;2*2-1(3)4;/h8-10H,1-6H2;2*(H,2,3,4);1H3. The van der Waals surface area contributed by atoms with E-state index in [9.17, 15) is 0 Å². The van der Waals surface area contributed by atoms with Crippen LogP contribution in [0.5, 0.6) is 0 Å². The lowest BCUT2D eigenvalue weighted by Crippen LogP contribution is -2.32. The number of hydrogen-bond acceptors (Lipinski definition) is 9. The number of aliphatic hydroxyl groups is 3. The van der Waals surface area contributed by atoms with Gasteiger partial charge in [-0.15, -0.1) is 20.2 Å². The van der Waals surface area contributed by atoms with Crippen LogP contribution in [0.3, 0.4) is 0 Å². The summed E-state index contributed by atoms with van der Waals surface area (Å²) in [5, 5.41) is 52.7. The van der Waals surface area contributed by atoms with Crippen molar-refractivity contribution in [1.82, 2.24) is 11.1 Å². The quantitative estimate of drug-likeness (QED) is 0.226. The molecule has 13 nitrogen and oxygen atoms in total. The number of aliphatic hydroxyl groups excluding tert-OH is 3. The zero-order valence-electron chi connectivity index (χ0n) is 10.2. The van der Waals surface area contributed by atoms with Crippen molar-refractivity contribution in [2.45, 2.75) is 0 Å². The van der Waals surface area contributed by atoms with Crippen LogP contribution in [0.25, 0.3) is 0 Å². The zero-order valence-corrected chi connectivity index (χ0v) is 10.2. The number of nitrogens with zero attached hydrogens (tertiary/aromatic N) is 3. The van der Waals surface area contributed by atoms with Crippen molar-refractivity contribution in [2.24, 2.45) is 0 Å². The van der Waals surface area contributed by atoms with E-state index in [2.05, 4.69) is 0 Å². The summed E-state index contributed by atoms with van der Waals surface area (Å²) in [4.78, 5) is 18.5. The van der Waals surface area contributed by atoms with Gasteiger partial charge in [0.2, 0.25) is 0 Å². The van der Waals surface area contributed by atoms with E-state index in [-0.39, 0.29) is 26.0 Å². The Labute approximate surface area is 108 Å². The Morgan fingerprint density at radius 1 is 0.789 bits per heavy atom. The van der Waals surface area contributed by atoms with Gasteiger partial charge in [0.15, 0.2) is 0 Å². The maximum absolute atomic E-state index is 8.48. The largest absolute Gasteiger partial charge is 0.395 e.